The first-order valence-electron chi connectivity index (χ1n) is 6.76. The Bertz CT molecular complexity index is 572. The fraction of sp³-hybridized carbons (Fsp3) is 0.294. The average molecular weight is 292 g/mol. The van der Waals surface area contributed by atoms with Gasteiger partial charge >= 0.3 is 5.92 Å². The third-order valence-corrected chi connectivity index (χ3v) is 3.46. The molecule has 0 fully saturated rings. The molecule has 2 N–H and O–H groups in total. The van der Waals surface area contributed by atoms with Gasteiger partial charge in [0.15, 0.2) is 0 Å². The largest absolute Gasteiger partial charge is 0.361 e. The highest BCUT2D eigenvalue weighted by atomic mass is 19.3. The van der Waals surface area contributed by atoms with Crippen molar-refractivity contribution in [3.63, 3.8) is 0 Å². The Morgan fingerprint density at radius 2 is 1.29 bits per heavy atom. The molecule has 0 aromatic heterocycles. The van der Waals surface area contributed by atoms with E-state index in [4.69, 9.17) is 10.2 Å². The van der Waals surface area contributed by atoms with Crippen LogP contribution in [0.5, 0.6) is 0 Å². The normalized spacial score (nSPS) is 12.4. The van der Waals surface area contributed by atoms with Crippen molar-refractivity contribution < 1.29 is 19.0 Å². The number of aryl methyl sites for hydroxylation is 2. The summed E-state index contributed by atoms with van der Waals surface area (Å²) in [4.78, 5) is 0. The number of hydrogen-bond donors (Lipinski definition) is 2. The quantitative estimate of drug-likeness (QED) is 0.830. The van der Waals surface area contributed by atoms with Crippen molar-refractivity contribution in [3.05, 3.63) is 71.3 Å². The maximum absolute atomic E-state index is 13.7. The lowest BCUT2D eigenvalue weighted by Crippen LogP contribution is -2.42. The minimum Gasteiger partial charge on any atom is -0.361 e. The zero-order valence-electron chi connectivity index (χ0n) is 11.8. The van der Waals surface area contributed by atoms with Gasteiger partial charge in [0.05, 0.1) is 0 Å². The summed E-state index contributed by atoms with van der Waals surface area (Å²) in [5, 5.41) is 18.3. The van der Waals surface area contributed by atoms with Crippen LogP contribution in [0.1, 0.15) is 23.6 Å². The molecule has 0 saturated heterocycles. The Balaban J connectivity index is 2.06. The van der Waals surface area contributed by atoms with E-state index in [1.165, 1.54) is 17.7 Å². The molecule has 0 bridgehead atoms. The fourth-order valence-corrected chi connectivity index (χ4v) is 2.09. The topological polar surface area (TPSA) is 40.5 Å². The van der Waals surface area contributed by atoms with Gasteiger partial charge in [-0.2, -0.15) is 8.78 Å². The van der Waals surface area contributed by atoms with E-state index in [1.807, 2.05) is 30.3 Å². The summed E-state index contributed by atoms with van der Waals surface area (Å²) >= 11 is 0. The van der Waals surface area contributed by atoms with E-state index < -0.39 is 17.3 Å². The molecule has 0 aliphatic carbocycles. The van der Waals surface area contributed by atoms with Crippen LogP contribution in [-0.2, 0) is 18.8 Å². The smallest absolute Gasteiger partial charge is 0.325 e. The molecule has 0 spiro atoms. The highest BCUT2D eigenvalue weighted by Gasteiger charge is 2.49. The molecule has 2 rings (SSSR count). The summed E-state index contributed by atoms with van der Waals surface area (Å²) in [5.41, 5.74) is 1.71. The molecule has 0 unspecified atom stereocenters. The van der Waals surface area contributed by atoms with Gasteiger partial charge < -0.3 is 10.2 Å². The van der Waals surface area contributed by atoms with Gasteiger partial charge in [-0.3, -0.25) is 0 Å². The van der Waals surface area contributed by atoms with E-state index in [-0.39, 0.29) is 0 Å². The molecule has 0 amide bonds. The number of rotatable bonds is 5. The van der Waals surface area contributed by atoms with Crippen LogP contribution in [0.4, 0.5) is 8.78 Å². The maximum Gasteiger partial charge on any atom is 0.325 e. The van der Waals surface area contributed by atoms with Crippen LogP contribution in [0.3, 0.4) is 0 Å². The predicted molar refractivity (Wildman–Crippen MR) is 77.0 cm³/mol. The fourth-order valence-electron chi connectivity index (χ4n) is 2.09. The monoisotopic (exact) mass is 292 g/mol. The summed E-state index contributed by atoms with van der Waals surface area (Å²) in [6, 6.07) is 15.6. The molecule has 112 valence electrons. The Labute approximate surface area is 122 Å². The van der Waals surface area contributed by atoms with Crippen molar-refractivity contribution in [2.24, 2.45) is 0 Å². The van der Waals surface area contributed by atoms with Crippen molar-refractivity contribution in [1.29, 1.82) is 0 Å². The summed E-state index contributed by atoms with van der Waals surface area (Å²) < 4.78 is 27.5. The van der Waals surface area contributed by atoms with Crippen LogP contribution in [0.2, 0.25) is 0 Å². The summed E-state index contributed by atoms with van der Waals surface area (Å²) in [5.74, 6) is -6.77. The molecule has 0 atom stereocenters. The van der Waals surface area contributed by atoms with Crippen LogP contribution in [0, 0.1) is 0 Å². The Morgan fingerprint density at radius 1 is 0.810 bits per heavy atom. The molecule has 4 heteroatoms. The Kier molecular flexibility index (Phi) is 4.40. The molecule has 0 aliphatic heterocycles. The van der Waals surface area contributed by atoms with Gasteiger partial charge in [-0.1, -0.05) is 54.6 Å². The van der Waals surface area contributed by atoms with Crippen molar-refractivity contribution in [2.45, 2.75) is 31.5 Å². The minimum absolute atomic E-state index is 0.404. The molecule has 21 heavy (non-hydrogen) atoms. The van der Waals surface area contributed by atoms with Gasteiger partial charge in [-0.05, 0) is 30.9 Å². The van der Waals surface area contributed by atoms with E-state index in [2.05, 4.69) is 0 Å². The molecule has 0 radical (unpaired) electrons. The van der Waals surface area contributed by atoms with E-state index in [9.17, 15) is 8.78 Å². The Morgan fingerprint density at radius 3 is 1.76 bits per heavy atom. The minimum atomic E-state index is -3.70. The van der Waals surface area contributed by atoms with Crippen LogP contribution in [0.15, 0.2) is 54.6 Å². The first kappa shape index (κ1) is 15.6. The molecule has 2 nitrogen and oxygen atoms in total. The van der Waals surface area contributed by atoms with Crippen molar-refractivity contribution in [2.75, 3.05) is 0 Å². The molecule has 0 heterocycles. The molecule has 0 aliphatic rings. The summed E-state index contributed by atoms with van der Waals surface area (Å²) in [6.45, 7) is 0.677. The predicted octanol–water partition coefficient (Wildman–Crippen LogP) is 3.26. The number of alkyl halides is 2. The van der Waals surface area contributed by atoms with E-state index >= 15 is 0 Å². The molecule has 0 saturated carbocycles. The lowest BCUT2D eigenvalue weighted by molar-refractivity contribution is -0.291. The zero-order valence-corrected chi connectivity index (χ0v) is 11.8. The van der Waals surface area contributed by atoms with Crippen molar-refractivity contribution >= 4 is 0 Å². The van der Waals surface area contributed by atoms with Crippen LogP contribution in [-0.4, -0.2) is 16.0 Å². The van der Waals surface area contributed by atoms with Crippen LogP contribution < -0.4 is 0 Å². The number of aliphatic hydroxyl groups is 2. The van der Waals surface area contributed by atoms with Gasteiger partial charge in [0.1, 0.15) is 0 Å². The standard InChI is InChI=1S/C17H18F2O2/c1-16(20,21)17(18,19)15-11-9-14(10-12-15)8-7-13-5-3-2-4-6-13/h2-6,9-12,20-21H,7-8H2,1H3. The second-order valence-electron chi connectivity index (χ2n) is 5.28. The summed E-state index contributed by atoms with van der Waals surface area (Å²) in [7, 11) is 0. The maximum atomic E-state index is 13.7. The van der Waals surface area contributed by atoms with E-state index in [1.54, 1.807) is 12.1 Å². The third-order valence-electron chi connectivity index (χ3n) is 3.46. The van der Waals surface area contributed by atoms with Crippen LogP contribution >= 0.6 is 0 Å². The molecule has 2 aromatic carbocycles. The highest BCUT2D eigenvalue weighted by molar-refractivity contribution is 5.28. The number of benzene rings is 2. The first-order valence-corrected chi connectivity index (χ1v) is 6.76. The van der Waals surface area contributed by atoms with Gasteiger partial charge in [0, 0.05) is 5.56 Å². The average Bonchev–Trinajstić information content (AvgIpc) is 2.45. The zero-order chi connectivity index (χ0) is 15.5. The van der Waals surface area contributed by atoms with Crippen molar-refractivity contribution in [3.8, 4) is 0 Å². The van der Waals surface area contributed by atoms with E-state index in [0.29, 0.717) is 6.92 Å². The van der Waals surface area contributed by atoms with Gasteiger partial charge in [0.2, 0.25) is 5.79 Å². The number of halogens is 2. The number of hydrogen-bond acceptors (Lipinski definition) is 2. The lowest BCUT2D eigenvalue weighted by atomic mass is 9.98. The second kappa shape index (κ2) is 5.92. The molecule has 2 aromatic rings. The third kappa shape index (κ3) is 3.65. The van der Waals surface area contributed by atoms with E-state index in [0.717, 1.165) is 18.4 Å². The van der Waals surface area contributed by atoms with Gasteiger partial charge in [0.25, 0.3) is 0 Å². The second-order valence-corrected chi connectivity index (χ2v) is 5.28. The lowest BCUT2D eigenvalue weighted by Gasteiger charge is -2.27. The van der Waals surface area contributed by atoms with Gasteiger partial charge in [-0.15, -0.1) is 0 Å². The SMILES string of the molecule is CC(O)(O)C(F)(F)c1ccc(CCc2ccccc2)cc1. The van der Waals surface area contributed by atoms with Crippen LogP contribution in [0.25, 0.3) is 0 Å². The first-order chi connectivity index (χ1) is 9.80. The summed E-state index contributed by atoms with van der Waals surface area (Å²) in [6.07, 6.45) is 1.57. The highest BCUT2D eigenvalue weighted by Crippen LogP contribution is 2.37. The molecular weight excluding hydrogens is 274 g/mol. The van der Waals surface area contributed by atoms with Crippen molar-refractivity contribution in [1.82, 2.24) is 0 Å². The molecular formula is C17H18F2O2. The Hall–Kier alpha value is -1.78. The van der Waals surface area contributed by atoms with Gasteiger partial charge in [-0.25, -0.2) is 0 Å².